The molecule has 90 valence electrons. The van der Waals surface area contributed by atoms with Gasteiger partial charge < -0.3 is 10.1 Å². The molecule has 7 nitrogen and oxygen atoms in total. The minimum Gasteiger partial charge on any atom is -0.396 e. The highest BCUT2D eigenvalue weighted by Crippen LogP contribution is 2.34. The zero-order valence-electron chi connectivity index (χ0n) is 9.20. The van der Waals surface area contributed by atoms with Crippen LogP contribution in [0.3, 0.4) is 0 Å². The van der Waals surface area contributed by atoms with Crippen molar-refractivity contribution in [2.75, 3.05) is 6.61 Å². The highest BCUT2D eigenvalue weighted by Gasteiger charge is 2.28. The molecule has 2 aromatic heterocycles. The van der Waals surface area contributed by atoms with Gasteiger partial charge >= 0.3 is 0 Å². The number of rotatable bonds is 2. The van der Waals surface area contributed by atoms with E-state index in [1.807, 2.05) is 0 Å². The molecule has 7 heteroatoms. The first-order valence-electron chi connectivity index (χ1n) is 5.69. The fourth-order valence-corrected chi connectivity index (χ4v) is 2.46. The van der Waals surface area contributed by atoms with Gasteiger partial charge in [0, 0.05) is 6.61 Å². The molecule has 0 amide bonds. The third-order valence-electron chi connectivity index (χ3n) is 3.39. The van der Waals surface area contributed by atoms with Gasteiger partial charge in [0.1, 0.15) is 0 Å². The van der Waals surface area contributed by atoms with Crippen LogP contribution >= 0.6 is 0 Å². The molecule has 0 aliphatic heterocycles. The summed E-state index contributed by atoms with van der Waals surface area (Å²) in [4.78, 5) is 18.1. The number of aromatic amines is 1. The van der Waals surface area contributed by atoms with Gasteiger partial charge in [-0.2, -0.15) is 0 Å². The van der Waals surface area contributed by atoms with Gasteiger partial charge in [0.15, 0.2) is 11.2 Å². The standard InChI is InChI=1S/C10H13N5O2/c16-4-6-1-2-7(3-6)15-9-8(13-14-15)10(17)12-5-11-9/h5-7,16H,1-4H2,(H,11,12,17). The van der Waals surface area contributed by atoms with Gasteiger partial charge in [-0.05, 0) is 25.2 Å². The summed E-state index contributed by atoms with van der Waals surface area (Å²) >= 11 is 0. The first-order valence-corrected chi connectivity index (χ1v) is 5.69. The van der Waals surface area contributed by atoms with Crippen molar-refractivity contribution in [1.82, 2.24) is 25.0 Å². The number of aromatic nitrogens is 5. The third-order valence-corrected chi connectivity index (χ3v) is 3.39. The lowest BCUT2D eigenvalue weighted by Crippen LogP contribution is -2.11. The molecule has 1 saturated carbocycles. The molecule has 0 spiro atoms. The molecule has 0 radical (unpaired) electrons. The predicted octanol–water partition coefficient (Wildman–Crippen LogP) is -0.152. The van der Waals surface area contributed by atoms with Crippen molar-refractivity contribution in [2.45, 2.75) is 25.3 Å². The lowest BCUT2D eigenvalue weighted by Gasteiger charge is -2.09. The van der Waals surface area contributed by atoms with E-state index in [4.69, 9.17) is 5.11 Å². The van der Waals surface area contributed by atoms with Crippen LogP contribution in [0.4, 0.5) is 0 Å². The fourth-order valence-electron chi connectivity index (χ4n) is 2.46. The van der Waals surface area contributed by atoms with Crippen LogP contribution in [0.1, 0.15) is 25.3 Å². The second-order valence-corrected chi connectivity index (χ2v) is 4.45. The molecule has 1 aliphatic rings. The number of H-pyrrole nitrogens is 1. The van der Waals surface area contributed by atoms with E-state index in [9.17, 15) is 4.79 Å². The minimum absolute atomic E-state index is 0.187. The molecular weight excluding hydrogens is 222 g/mol. The van der Waals surface area contributed by atoms with Crippen LogP contribution in [0, 0.1) is 5.92 Å². The molecular formula is C10H13N5O2. The first-order chi connectivity index (χ1) is 8.29. The van der Waals surface area contributed by atoms with Crippen molar-refractivity contribution in [3.63, 3.8) is 0 Å². The number of hydrogen-bond donors (Lipinski definition) is 2. The summed E-state index contributed by atoms with van der Waals surface area (Å²) in [5, 5.41) is 17.0. The van der Waals surface area contributed by atoms with Crippen molar-refractivity contribution in [2.24, 2.45) is 5.92 Å². The summed E-state index contributed by atoms with van der Waals surface area (Å²) < 4.78 is 1.71. The Morgan fingerprint density at radius 3 is 3.18 bits per heavy atom. The SMILES string of the molecule is O=c1[nH]cnc2c1nnn2C1CCC(CO)C1. The molecule has 1 aliphatic carbocycles. The number of nitrogens with one attached hydrogen (secondary N) is 1. The van der Waals surface area contributed by atoms with Crippen molar-refractivity contribution in [3.8, 4) is 0 Å². The Hall–Kier alpha value is -1.76. The molecule has 2 heterocycles. The number of aliphatic hydroxyl groups excluding tert-OH is 1. The lowest BCUT2D eigenvalue weighted by atomic mass is 10.1. The van der Waals surface area contributed by atoms with E-state index in [1.54, 1.807) is 4.68 Å². The number of hydrogen-bond acceptors (Lipinski definition) is 5. The van der Waals surface area contributed by atoms with Gasteiger partial charge in [0.05, 0.1) is 12.4 Å². The van der Waals surface area contributed by atoms with E-state index in [1.165, 1.54) is 6.33 Å². The molecule has 2 unspecified atom stereocenters. The van der Waals surface area contributed by atoms with Crippen molar-refractivity contribution in [3.05, 3.63) is 16.7 Å². The van der Waals surface area contributed by atoms with Crippen LogP contribution in [0.25, 0.3) is 11.2 Å². The Labute approximate surface area is 96.5 Å². The zero-order chi connectivity index (χ0) is 11.8. The van der Waals surface area contributed by atoms with E-state index in [0.29, 0.717) is 11.6 Å². The second-order valence-electron chi connectivity index (χ2n) is 4.45. The number of fused-ring (bicyclic) bond motifs is 1. The highest BCUT2D eigenvalue weighted by atomic mass is 16.3. The summed E-state index contributed by atoms with van der Waals surface area (Å²) in [6, 6.07) is 0.187. The Morgan fingerprint density at radius 1 is 1.53 bits per heavy atom. The molecule has 2 aromatic rings. The van der Waals surface area contributed by atoms with Crippen LogP contribution in [-0.2, 0) is 0 Å². The molecule has 0 aromatic carbocycles. The fraction of sp³-hybridized carbons (Fsp3) is 0.600. The van der Waals surface area contributed by atoms with Crippen molar-refractivity contribution < 1.29 is 5.11 Å². The summed E-state index contributed by atoms with van der Waals surface area (Å²) in [5.74, 6) is 0.321. The average molecular weight is 235 g/mol. The molecule has 3 rings (SSSR count). The van der Waals surface area contributed by atoms with Gasteiger partial charge in [-0.15, -0.1) is 5.10 Å². The summed E-state index contributed by atoms with van der Waals surface area (Å²) in [7, 11) is 0. The molecule has 0 saturated heterocycles. The van der Waals surface area contributed by atoms with Gasteiger partial charge in [0.25, 0.3) is 5.56 Å². The van der Waals surface area contributed by atoms with Crippen molar-refractivity contribution >= 4 is 11.2 Å². The Balaban J connectivity index is 2.02. The topological polar surface area (TPSA) is 96.7 Å². The maximum atomic E-state index is 11.5. The van der Waals surface area contributed by atoms with Crippen LogP contribution in [0.2, 0.25) is 0 Å². The Morgan fingerprint density at radius 2 is 2.41 bits per heavy atom. The quantitative estimate of drug-likeness (QED) is 0.754. The molecule has 2 N–H and O–H groups in total. The lowest BCUT2D eigenvalue weighted by molar-refractivity contribution is 0.225. The van der Waals surface area contributed by atoms with Gasteiger partial charge in [-0.1, -0.05) is 5.21 Å². The maximum absolute atomic E-state index is 11.5. The van der Waals surface area contributed by atoms with Crippen LogP contribution in [0.5, 0.6) is 0 Å². The van der Waals surface area contributed by atoms with E-state index in [-0.39, 0.29) is 23.7 Å². The van der Waals surface area contributed by atoms with Gasteiger partial charge in [0.2, 0.25) is 0 Å². The first kappa shape index (κ1) is 10.4. The smallest absolute Gasteiger partial charge is 0.280 e. The molecule has 2 atom stereocenters. The molecule has 0 bridgehead atoms. The van der Waals surface area contributed by atoms with E-state index < -0.39 is 0 Å². The maximum Gasteiger partial charge on any atom is 0.280 e. The third kappa shape index (κ3) is 1.62. The van der Waals surface area contributed by atoms with E-state index in [0.717, 1.165) is 19.3 Å². The Bertz CT molecular complexity index is 590. The van der Waals surface area contributed by atoms with Crippen molar-refractivity contribution in [1.29, 1.82) is 0 Å². The molecule has 17 heavy (non-hydrogen) atoms. The van der Waals surface area contributed by atoms with Crippen LogP contribution in [-0.4, -0.2) is 36.7 Å². The normalized spacial score (nSPS) is 24.5. The Kier molecular flexibility index (Phi) is 2.40. The predicted molar refractivity (Wildman–Crippen MR) is 59.4 cm³/mol. The summed E-state index contributed by atoms with van der Waals surface area (Å²) in [6.07, 6.45) is 4.15. The number of nitrogens with zero attached hydrogens (tertiary/aromatic N) is 4. The average Bonchev–Trinajstić information content (AvgIpc) is 2.94. The summed E-state index contributed by atoms with van der Waals surface area (Å²) in [5.41, 5.74) is 0.537. The van der Waals surface area contributed by atoms with Gasteiger partial charge in [-0.3, -0.25) is 4.79 Å². The van der Waals surface area contributed by atoms with E-state index >= 15 is 0 Å². The number of aliphatic hydroxyl groups is 1. The second kappa shape index (κ2) is 3.92. The summed E-state index contributed by atoms with van der Waals surface area (Å²) in [6.45, 7) is 0.205. The van der Waals surface area contributed by atoms with Crippen LogP contribution < -0.4 is 5.56 Å². The zero-order valence-corrected chi connectivity index (χ0v) is 9.20. The monoisotopic (exact) mass is 235 g/mol. The van der Waals surface area contributed by atoms with Gasteiger partial charge in [-0.25, -0.2) is 9.67 Å². The largest absolute Gasteiger partial charge is 0.396 e. The minimum atomic E-state index is -0.266. The van der Waals surface area contributed by atoms with E-state index in [2.05, 4.69) is 20.3 Å². The molecule has 1 fully saturated rings. The van der Waals surface area contributed by atoms with Crippen LogP contribution in [0.15, 0.2) is 11.1 Å². The highest BCUT2D eigenvalue weighted by molar-refractivity contribution is 5.67.